The quantitative estimate of drug-likeness (QED) is 0.378. The van der Waals surface area contributed by atoms with E-state index in [-0.39, 0.29) is 29.8 Å². The lowest BCUT2D eigenvalue weighted by Gasteiger charge is -2.22. The van der Waals surface area contributed by atoms with Gasteiger partial charge in [0.25, 0.3) is 0 Å². The van der Waals surface area contributed by atoms with Crippen LogP contribution in [0, 0.1) is 5.82 Å². The van der Waals surface area contributed by atoms with Crippen molar-refractivity contribution in [2.24, 2.45) is 12.0 Å². The normalized spacial score (nSPS) is 11.1. The van der Waals surface area contributed by atoms with Gasteiger partial charge in [0, 0.05) is 44.1 Å². The standard InChI is InChI=1S/C17H22BrFN4.HI/c1-20-17(23(3)12-15-5-4-10-22(15)2)21-9-8-13-11-14(18)6-7-16(13)19;/h4-7,10-11H,8-9,12H2,1-3H3,(H,20,21);1H. The fourth-order valence-electron chi connectivity index (χ4n) is 2.41. The first-order valence-corrected chi connectivity index (χ1v) is 8.26. The topological polar surface area (TPSA) is 32.6 Å². The summed E-state index contributed by atoms with van der Waals surface area (Å²) in [6.45, 7) is 1.38. The zero-order valence-corrected chi connectivity index (χ0v) is 18.0. The van der Waals surface area contributed by atoms with Gasteiger partial charge in [-0.3, -0.25) is 4.99 Å². The summed E-state index contributed by atoms with van der Waals surface area (Å²) in [5.74, 6) is 0.615. The van der Waals surface area contributed by atoms with Gasteiger partial charge in [0.05, 0.1) is 6.54 Å². The van der Waals surface area contributed by atoms with Crippen LogP contribution in [0.4, 0.5) is 4.39 Å². The fourth-order valence-corrected chi connectivity index (χ4v) is 2.82. The second-order valence-corrected chi connectivity index (χ2v) is 6.34. The Bertz CT molecular complexity index is 687. The molecule has 2 aromatic rings. The smallest absolute Gasteiger partial charge is 0.193 e. The SMILES string of the molecule is CN=C(NCCc1cc(Br)ccc1F)N(C)Cc1cccn1C.I. The molecule has 0 aliphatic carbocycles. The first-order chi connectivity index (χ1) is 11.0. The predicted octanol–water partition coefficient (Wildman–Crippen LogP) is 3.79. The highest BCUT2D eigenvalue weighted by molar-refractivity contribution is 14.0. The van der Waals surface area contributed by atoms with Crippen molar-refractivity contribution in [1.82, 2.24) is 14.8 Å². The van der Waals surface area contributed by atoms with Crippen molar-refractivity contribution in [2.45, 2.75) is 13.0 Å². The Kier molecular flexibility index (Phi) is 8.75. The Hall–Kier alpha value is -1.09. The Morgan fingerprint density at radius 1 is 1.38 bits per heavy atom. The molecular weight excluding hydrogens is 486 g/mol. The van der Waals surface area contributed by atoms with Gasteiger partial charge in [-0.2, -0.15) is 0 Å². The molecule has 1 N–H and O–H groups in total. The molecule has 0 spiro atoms. The number of halogens is 3. The van der Waals surface area contributed by atoms with Gasteiger partial charge in [-0.1, -0.05) is 15.9 Å². The summed E-state index contributed by atoms with van der Waals surface area (Å²) >= 11 is 3.37. The van der Waals surface area contributed by atoms with E-state index in [0.717, 1.165) is 17.0 Å². The van der Waals surface area contributed by atoms with Crippen molar-refractivity contribution in [1.29, 1.82) is 0 Å². The van der Waals surface area contributed by atoms with E-state index >= 15 is 0 Å². The molecule has 0 amide bonds. The second kappa shape index (κ2) is 10.0. The van der Waals surface area contributed by atoms with Crippen LogP contribution in [0.15, 0.2) is 46.0 Å². The van der Waals surface area contributed by atoms with Crippen LogP contribution in [0.1, 0.15) is 11.3 Å². The highest BCUT2D eigenvalue weighted by Gasteiger charge is 2.09. The summed E-state index contributed by atoms with van der Waals surface area (Å²) < 4.78 is 16.7. The van der Waals surface area contributed by atoms with Crippen LogP contribution < -0.4 is 5.32 Å². The molecule has 132 valence electrons. The molecule has 0 saturated carbocycles. The summed E-state index contributed by atoms with van der Waals surface area (Å²) in [7, 11) is 5.76. The molecule has 24 heavy (non-hydrogen) atoms. The van der Waals surface area contributed by atoms with Crippen molar-refractivity contribution < 1.29 is 4.39 Å². The summed E-state index contributed by atoms with van der Waals surface area (Å²) in [6.07, 6.45) is 2.62. The lowest BCUT2D eigenvalue weighted by atomic mass is 10.1. The number of benzene rings is 1. The molecular formula is C17H23BrFIN4. The molecule has 1 aromatic heterocycles. The fraction of sp³-hybridized carbons (Fsp3) is 0.353. The Morgan fingerprint density at radius 3 is 2.75 bits per heavy atom. The Balaban J connectivity index is 0.00000288. The van der Waals surface area contributed by atoms with Gasteiger partial charge in [-0.15, -0.1) is 24.0 Å². The third-order valence-electron chi connectivity index (χ3n) is 3.71. The maximum atomic E-state index is 13.7. The second-order valence-electron chi connectivity index (χ2n) is 5.43. The van der Waals surface area contributed by atoms with E-state index < -0.39 is 0 Å². The molecule has 0 aliphatic rings. The minimum Gasteiger partial charge on any atom is -0.356 e. The monoisotopic (exact) mass is 508 g/mol. The van der Waals surface area contributed by atoms with Crippen LogP contribution in [0.2, 0.25) is 0 Å². The van der Waals surface area contributed by atoms with Crippen molar-refractivity contribution in [3.8, 4) is 0 Å². The molecule has 2 rings (SSSR count). The highest BCUT2D eigenvalue weighted by atomic mass is 127. The van der Waals surface area contributed by atoms with Crippen LogP contribution >= 0.6 is 39.9 Å². The number of aliphatic imine (C=N–C) groups is 1. The minimum absolute atomic E-state index is 0. The largest absolute Gasteiger partial charge is 0.356 e. The van der Waals surface area contributed by atoms with E-state index in [0.29, 0.717) is 18.5 Å². The molecule has 0 atom stereocenters. The van der Waals surface area contributed by atoms with Crippen LogP contribution in [-0.4, -0.2) is 36.1 Å². The molecule has 0 bridgehead atoms. The summed E-state index contributed by atoms with van der Waals surface area (Å²) in [5, 5.41) is 3.28. The zero-order chi connectivity index (χ0) is 16.8. The Labute approximate surface area is 168 Å². The average molecular weight is 509 g/mol. The number of guanidine groups is 1. The molecule has 0 aliphatic heterocycles. The van der Waals surface area contributed by atoms with Gasteiger partial charge < -0.3 is 14.8 Å². The molecule has 7 heteroatoms. The summed E-state index contributed by atoms with van der Waals surface area (Å²) in [4.78, 5) is 6.34. The first kappa shape index (κ1) is 21.0. The van der Waals surface area contributed by atoms with E-state index in [9.17, 15) is 4.39 Å². The number of hydrogen-bond donors (Lipinski definition) is 1. The van der Waals surface area contributed by atoms with E-state index in [1.165, 1.54) is 11.8 Å². The summed E-state index contributed by atoms with van der Waals surface area (Å²) in [5.41, 5.74) is 1.89. The number of rotatable bonds is 5. The van der Waals surface area contributed by atoms with Crippen LogP contribution in [0.25, 0.3) is 0 Å². The predicted molar refractivity (Wildman–Crippen MR) is 111 cm³/mol. The van der Waals surface area contributed by atoms with Gasteiger partial charge in [-0.25, -0.2) is 4.39 Å². The maximum absolute atomic E-state index is 13.7. The van der Waals surface area contributed by atoms with E-state index in [1.807, 2.05) is 37.3 Å². The van der Waals surface area contributed by atoms with Gasteiger partial charge in [0.1, 0.15) is 5.82 Å². The number of aromatic nitrogens is 1. The van der Waals surface area contributed by atoms with E-state index in [4.69, 9.17) is 0 Å². The van der Waals surface area contributed by atoms with Crippen LogP contribution in [0.3, 0.4) is 0 Å². The average Bonchev–Trinajstić information content (AvgIpc) is 2.92. The molecule has 0 radical (unpaired) electrons. The van der Waals surface area contributed by atoms with Crippen molar-refractivity contribution in [3.63, 3.8) is 0 Å². The Morgan fingerprint density at radius 2 is 2.12 bits per heavy atom. The zero-order valence-electron chi connectivity index (χ0n) is 14.1. The van der Waals surface area contributed by atoms with Crippen molar-refractivity contribution in [2.75, 3.05) is 20.6 Å². The van der Waals surface area contributed by atoms with Gasteiger partial charge in [0.15, 0.2) is 5.96 Å². The van der Waals surface area contributed by atoms with Gasteiger partial charge in [-0.05, 0) is 42.3 Å². The van der Waals surface area contributed by atoms with E-state index in [2.05, 4.69) is 36.9 Å². The minimum atomic E-state index is -0.179. The molecule has 4 nitrogen and oxygen atoms in total. The molecule has 1 heterocycles. The lowest BCUT2D eigenvalue weighted by Crippen LogP contribution is -2.39. The third kappa shape index (κ3) is 5.77. The number of nitrogens with zero attached hydrogens (tertiary/aromatic N) is 3. The van der Waals surface area contributed by atoms with Crippen LogP contribution in [-0.2, 0) is 20.0 Å². The van der Waals surface area contributed by atoms with E-state index in [1.54, 1.807) is 13.1 Å². The first-order valence-electron chi connectivity index (χ1n) is 7.47. The molecule has 0 fully saturated rings. The molecule has 0 saturated heterocycles. The molecule has 0 unspecified atom stereocenters. The van der Waals surface area contributed by atoms with Crippen LogP contribution in [0.5, 0.6) is 0 Å². The molecule has 1 aromatic carbocycles. The highest BCUT2D eigenvalue weighted by Crippen LogP contribution is 2.15. The number of hydrogen-bond acceptors (Lipinski definition) is 1. The third-order valence-corrected chi connectivity index (χ3v) is 4.20. The lowest BCUT2D eigenvalue weighted by molar-refractivity contribution is 0.462. The number of aryl methyl sites for hydroxylation is 1. The van der Waals surface area contributed by atoms with Crippen molar-refractivity contribution >= 4 is 45.9 Å². The van der Waals surface area contributed by atoms with Gasteiger partial charge in [0.2, 0.25) is 0 Å². The summed E-state index contributed by atoms with van der Waals surface area (Å²) in [6, 6.07) is 9.11. The maximum Gasteiger partial charge on any atom is 0.193 e. The number of nitrogens with one attached hydrogen (secondary N) is 1. The van der Waals surface area contributed by atoms with Gasteiger partial charge >= 0.3 is 0 Å². The van der Waals surface area contributed by atoms with Crippen molar-refractivity contribution in [3.05, 3.63) is 58.1 Å².